The monoisotopic (exact) mass is 357 g/mol. The highest BCUT2D eigenvalue weighted by atomic mass is 16.5. The Hall–Kier alpha value is -2.56. The lowest BCUT2D eigenvalue weighted by Crippen LogP contribution is -2.28. The number of carbonyl (C=O) groups excluding carboxylic acids is 2. The SMILES string of the molecule is CCOC(=O)C1=CN(C)C=C(C(=O)OCC)C1c1ccc(C(C)C)cc1. The summed E-state index contributed by atoms with van der Waals surface area (Å²) in [5.74, 6) is -0.952. The van der Waals surface area contributed by atoms with Gasteiger partial charge >= 0.3 is 11.9 Å². The number of ether oxygens (including phenoxy) is 2. The highest BCUT2D eigenvalue weighted by molar-refractivity contribution is 5.98. The molecule has 0 amide bonds. The number of nitrogens with zero attached hydrogens (tertiary/aromatic N) is 1. The van der Waals surface area contributed by atoms with Gasteiger partial charge in [-0.15, -0.1) is 0 Å². The van der Waals surface area contributed by atoms with Crippen molar-refractivity contribution in [3.05, 3.63) is 58.9 Å². The first-order valence-corrected chi connectivity index (χ1v) is 8.98. The maximum Gasteiger partial charge on any atom is 0.336 e. The van der Waals surface area contributed by atoms with Gasteiger partial charge in [0.05, 0.1) is 30.3 Å². The van der Waals surface area contributed by atoms with E-state index in [0.717, 1.165) is 5.56 Å². The fourth-order valence-corrected chi connectivity index (χ4v) is 3.00. The highest BCUT2D eigenvalue weighted by Gasteiger charge is 2.34. The standard InChI is InChI=1S/C21H27NO4/c1-6-25-20(23)17-12-22(5)13-18(21(24)26-7-2)19(17)16-10-8-15(9-11-16)14(3)4/h8-14,19H,6-7H2,1-5H3. The summed E-state index contributed by atoms with van der Waals surface area (Å²) >= 11 is 0. The van der Waals surface area contributed by atoms with Crippen LogP contribution in [0.3, 0.4) is 0 Å². The maximum atomic E-state index is 12.5. The number of benzene rings is 1. The summed E-state index contributed by atoms with van der Waals surface area (Å²) in [5, 5.41) is 0. The number of esters is 2. The molecule has 0 atom stereocenters. The minimum atomic E-state index is -0.509. The molecule has 0 unspecified atom stereocenters. The van der Waals surface area contributed by atoms with Crippen LogP contribution >= 0.6 is 0 Å². The fraction of sp³-hybridized carbons (Fsp3) is 0.429. The fourth-order valence-electron chi connectivity index (χ4n) is 3.00. The minimum Gasteiger partial charge on any atom is -0.463 e. The van der Waals surface area contributed by atoms with Crippen molar-refractivity contribution in [1.82, 2.24) is 4.90 Å². The van der Waals surface area contributed by atoms with Gasteiger partial charge in [-0.2, -0.15) is 0 Å². The normalized spacial score (nSPS) is 14.8. The van der Waals surface area contributed by atoms with Crippen LogP contribution in [0.15, 0.2) is 47.8 Å². The van der Waals surface area contributed by atoms with Gasteiger partial charge in [0.2, 0.25) is 0 Å². The summed E-state index contributed by atoms with van der Waals surface area (Å²) in [6, 6.07) is 7.99. The Morgan fingerprint density at radius 3 is 1.81 bits per heavy atom. The lowest BCUT2D eigenvalue weighted by Gasteiger charge is -2.28. The van der Waals surface area contributed by atoms with Crippen molar-refractivity contribution in [2.45, 2.75) is 39.5 Å². The van der Waals surface area contributed by atoms with Crippen LogP contribution in [0.1, 0.15) is 50.7 Å². The maximum absolute atomic E-state index is 12.5. The van der Waals surface area contributed by atoms with E-state index >= 15 is 0 Å². The predicted molar refractivity (Wildman–Crippen MR) is 100 cm³/mol. The van der Waals surface area contributed by atoms with Crippen LogP contribution in [0.5, 0.6) is 0 Å². The van der Waals surface area contributed by atoms with E-state index < -0.39 is 17.9 Å². The molecule has 2 rings (SSSR count). The molecule has 1 aliphatic heterocycles. The molecule has 1 aromatic carbocycles. The van der Waals surface area contributed by atoms with Crippen molar-refractivity contribution in [3.8, 4) is 0 Å². The zero-order valence-electron chi connectivity index (χ0n) is 16.1. The van der Waals surface area contributed by atoms with Gasteiger partial charge in [-0.1, -0.05) is 38.1 Å². The summed E-state index contributed by atoms with van der Waals surface area (Å²) in [6.07, 6.45) is 3.42. The second-order valence-corrected chi connectivity index (χ2v) is 6.53. The Morgan fingerprint density at radius 2 is 1.42 bits per heavy atom. The number of rotatable bonds is 6. The van der Waals surface area contributed by atoms with Crippen molar-refractivity contribution < 1.29 is 19.1 Å². The molecule has 0 saturated heterocycles. The number of hydrogen-bond donors (Lipinski definition) is 0. The molecule has 0 aliphatic carbocycles. The van der Waals surface area contributed by atoms with Crippen LogP contribution in [0.25, 0.3) is 0 Å². The Morgan fingerprint density at radius 1 is 0.962 bits per heavy atom. The Balaban J connectivity index is 2.50. The molecular formula is C21H27NO4. The Bertz CT molecular complexity index is 680. The van der Waals surface area contributed by atoms with E-state index in [1.165, 1.54) is 5.56 Å². The van der Waals surface area contributed by atoms with Crippen molar-refractivity contribution >= 4 is 11.9 Å². The molecular weight excluding hydrogens is 330 g/mol. The Kier molecular flexibility index (Phi) is 6.61. The van der Waals surface area contributed by atoms with Crippen LogP contribution in [-0.4, -0.2) is 37.1 Å². The van der Waals surface area contributed by atoms with Crippen LogP contribution in [-0.2, 0) is 19.1 Å². The van der Waals surface area contributed by atoms with Crippen molar-refractivity contribution in [2.24, 2.45) is 0 Å². The van der Waals surface area contributed by atoms with E-state index in [1.807, 2.05) is 24.3 Å². The molecule has 1 aromatic rings. The third-order valence-electron chi connectivity index (χ3n) is 4.27. The summed E-state index contributed by atoms with van der Waals surface area (Å²) < 4.78 is 10.4. The lowest BCUT2D eigenvalue weighted by molar-refractivity contribution is -0.139. The summed E-state index contributed by atoms with van der Waals surface area (Å²) in [5.41, 5.74) is 2.92. The molecule has 0 aromatic heterocycles. The molecule has 0 saturated carbocycles. The molecule has 26 heavy (non-hydrogen) atoms. The summed E-state index contributed by atoms with van der Waals surface area (Å²) in [6.45, 7) is 8.32. The van der Waals surface area contributed by atoms with Gasteiger partial charge in [0, 0.05) is 19.4 Å². The topological polar surface area (TPSA) is 55.8 Å². The zero-order chi connectivity index (χ0) is 19.3. The van der Waals surface area contributed by atoms with Crippen LogP contribution in [0, 0.1) is 0 Å². The van der Waals surface area contributed by atoms with E-state index in [9.17, 15) is 9.59 Å². The first-order chi connectivity index (χ1) is 12.4. The molecule has 0 spiro atoms. The first-order valence-electron chi connectivity index (χ1n) is 8.98. The molecule has 5 heteroatoms. The number of hydrogen-bond acceptors (Lipinski definition) is 5. The Labute approximate surface area is 155 Å². The van der Waals surface area contributed by atoms with Gasteiger partial charge in [0.15, 0.2) is 0 Å². The predicted octanol–water partition coefficient (Wildman–Crippen LogP) is 3.73. The number of carbonyl (C=O) groups is 2. The van der Waals surface area contributed by atoms with Crippen LogP contribution in [0.4, 0.5) is 0 Å². The van der Waals surface area contributed by atoms with Gasteiger partial charge in [0.25, 0.3) is 0 Å². The molecule has 1 heterocycles. The summed E-state index contributed by atoms with van der Waals surface area (Å²) in [4.78, 5) is 26.8. The lowest BCUT2D eigenvalue weighted by atomic mass is 9.82. The van der Waals surface area contributed by atoms with Gasteiger partial charge in [0.1, 0.15) is 0 Å². The smallest absolute Gasteiger partial charge is 0.336 e. The average molecular weight is 357 g/mol. The molecule has 0 fully saturated rings. The molecule has 0 N–H and O–H groups in total. The molecule has 0 radical (unpaired) electrons. The van der Waals surface area contributed by atoms with Crippen molar-refractivity contribution in [3.63, 3.8) is 0 Å². The first kappa shape index (κ1) is 19.8. The minimum absolute atomic E-state index is 0.275. The largest absolute Gasteiger partial charge is 0.463 e. The zero-order valence-corrected chi connectivity index (χ0v) is 16.1. The quantitative estimate of drug-likeness (QED) is 0.726. The third kappa shape index (κ3) is 4.34. The molecule has 140 valence electrons. The average Bonchev–Trinajstić information content (AvgIpc) is 2.61. The highest BCUT2D eigenvalue weighted by Crippen LogP contribution is 2.37. The molecule has 1 aliphatic rings. The second-order valence-electron chi connectivity index (χ2n) is 6.53. The van der Waals surface area contributed by atoms with E-state index in [2.05, 4.69) is 13.8 Å². The van der Waals surface area contributed by atoms with Gasteiger partial charge in [-0.3, -0.25) is 0 Å². The van der Waals surface area contributed by atoms with E-state index in [1.54, 1.807) is 38.2 Å². The van der Waals surface area contributed by atoms with E-state index in [-0.39, 0.29) is 13.2 Å². The molecule has 5 nitrogen and oxygen atoms in total. The van der Waals surface area contributed by atoms with Crippen LogP contribution in [0.2, 0.25) is 0 Å². The van der Waals surface area contributed by atoms with Crippen molar-refractivity contribution in [2.75, 3.05) is 20.3 Å². The van der Waals surface area contributed by atoms with Crippen molar-refractivity contribution in [1.29, 1.82) is 0 Å². The van der Waals surface area contributed by atoms with Gasteiger partial charge in [-0.25, -0.2) is 9.59 Å². The summed E-state index contributed by atoms with van der Waals surface area (Å²) in [7, 11) is 1.77. The third-order valence-corrected chi connectivity index (χ3v) is 4.27. The van der Waals surface area contributed by atoms with Gasteiger partial charge < -0.3 is 14.4 Å². The van der Waals surface area contributed by atoms with Gasteiger partial charge in [-0.05, 0) is 30.9 Å². The van der Waals surface area contributed by atoms with E-state index in [4.69, 9.17) is 9.47 Å². The van der Waals surface area contributed by atoms with E-state index in [0.29, 0.717) is 17.1 Å². The molecule has 0 bridgehead atoms. The van der Waals surface area contributed by atoms with Crippen LogP contribution < -0.4 is 0 Å². The second kappa shape index (κ2) is 8.70.